The van der Waals surface area contributed by atoms with Gasteiger partial charge in [-0.1, -0.05) is 39.5 Å². The third-order valence-electron chi connectivity index (χ3n) is 5.41. The molecular formula is C22H34N2O4. The van der Waals surface area contributed by atoms with Crippen LogP contribution in [0.2, 0.25) is 0 Å². The van der Waals surface area contributed by atoms with Crippen molar-refractivity contribution in [2.45, 2.75) is 58.4 Å². The van der Waals surface area contributed by atoms with Crippen molar-refractivity contribution < 1.29 is 19.1 Å². The van der Waals surface area contributed by atoms with Crippen molar-refractivity contribution in [3.8, 4) is 11.5 Å². The molecule has 2 rings (SSSR count). The van der Waals surface area contributed by atoms with E-state index in [4.69, 9.17) is 9.47 Å². The summed E-state index contributed by atoms with van der Waals surface area (Å²) >= 11 is 0. The summed E-state index contributed by atoms with van der Waals surface area (Å²) in [5.74, 6) is 1.40. The SMILES string of the molecule is COc1cc(OC)cc(C(=O)NC(C(=O)NCCCC2CCCC2)C(C)C)c1. The Bertz CT molecular complexity index is 632. The van der Waals surface area contributed by atoms with E-state index in [-0.39, 0.29) is 17.7 Å². The molecule has 0 spiro atoms. The zero-order valence-electron chi connectivity index (χ0n) is 17.5. The fourth-order valence-corrected chi connectivity index (χ4v) is 3.71. The lowest BCUT2D eigenvalue weighted by Crippen LogP contribution is -2.49. The third-order valence-corrected chi connectivity index (χ3v) is 5.41. The molecule has 0 aliphatic heterocycles. The molecule has 1 atom stereocenters. The molecule has 0 saturated heterocycles. The second kappa shape index (κ2) is 10.9. The Kier molecular flexibility index (Phi) is 8.61. The average Bonchev–Trinajstić information content (AvgIpc) is 3.21. The first kappa shape index (κ1) is 22.1. The van der Waals surface area contributed by atoms with Gasteiger partial charge in [0.1, 0.15) is 17.5 Å². The average molecular weight is 391 g/mol. The van der Waals surface area contributed by atoms with Crippen LogP contribution in [0.3, 0.4) is 0 Å². The maximum absolute atomic E-state index is 12.7. The van der Waals surface area contributed by atoms with Gasteiger partial charge in [0.2, 0.25) is 5.91 Å². The lowest BCUT2D eigenvalue weighted by atomic mass is 10.0. The molecule has 0 bridgehead atoms. The van der Waals surface area contributed by atoms with Crippen molar-refractivity contribution in [1.82, 2.24) is 10.6 Å². The summed E-state index contributed by atoms with van der Waals surface area (Å²) in [7, 11) is 3.07. The molecule has 1 aromatic carbocycles. The monoisotopic (exact) mass is 390 g/mol. The highest BCUT2D eigenvalue weighted by Gasteiger charge is 2.25. The maximum Gasteiger partial charge on any atom is 0.252 e. The normalized spacial score (nSPS) is 15.3. The molecule has 2 amide bonds. The Morgan fingerprint density at radius 1 is 1.07 bits per heavy atom. The number of benzene rings is 1. The molecule has 1 unspecified atom stereocenters. The number of methoxy groups -OCH3 is 2. The first-order valence-electron chi connectivity index (χ1n) is 10.3. The highest BCUT2D eigenvalue weighted by molar-refractivity contribution is 5.98. The van der Waals surface area contributed by atoms with Crippen molar-refractivity contribution >= 4 is 11.8 Å². The van der Waals surface area contributed by atoms with Gasteiger partial charge in [0.25, 0.3) is 5.91 Å². The molecule has 1 aliphatic rings. The zero-order valence-corrected chi connectivity index (χ0v) is 17.5. The van der Waals surface area contributed by atoms with Crippen molar-refractivity contribution in [3.05, 3.63) is 23.8 Å². The van der Waals surface area contributed by atoms with E-state index in [2.05, 4.69) is 10.6 Å². The summed E-state index contributed by atoms with van der Waals surface area (Å²) in [4.78, 5) is 25.3. The number of hydrogen-bond donors (Lipinski definition) is 2. The first-order valence-corrected chi connectivity index (χ1v) is 10.3. The van der Waals surface area contributed by atoms with Gasteiger partial charge < -0.3 is 20.1 Å². The minimum absolute atomic E-state index is 0.0220. The van der Waals surface area contributed by atoms with Gasteiger partial charge in [-0.05, 0) is 36.8 Å². The van der Waals surface area contributed by atoms with Gasteiger partial charge in [-0.3, -0.25) is 9.59 Å². The number of amides is 2. The van der Waals surface area contributed by atoms with E-state index in [1.807, 2.05) is 13.8 Å². The maximum atomic E-state index is 12.7. The molecule has 1 fully saturated rings. The lowest BCUT2D eigenvalue weighted by Gasteiger charge is -2.22. The Labute approximate surface area is 168 Å². The Morgan fingerprint density at radius 3 is 2.21 bits per heavy atom. The predicted octanol–water partition coefficient (Wildman–Crippen LogP) is 3.54. The summed E-state index contributed by atoms with van der Waals surface area (Å²) in [6, 6.07) is 4.38. The fraction of sp³-hybridized carbons (Fsp3) is 0.636. The molecule has 6 heteroatoms. The van der Waals surface area contributed by atoms with Gasteiger partial charge in [0.05, 0.1) is 14.2 Å². The van der Waals surface area contributed by atoms with Gasteiger partial charge in [-0.2, -0.15) is 0 Å². The van der Waals surface area contributed by atoms with E-state index in [0.717, 1.165) is 12.3 Å². The summed E-state index contributed by atoms with van der Waals surface area (Å²) in [5.41, 5.74) is 0.399. The molecule has 0 radical (unpaired) electrons. The largest absolute Gasteiger partial charge is 0.497 e. The van der Waals surface area contributed by atoms with Gasteiger partial charge in [-0.15, -0.1) is 0 Å². The summed E-state index contributed by atoms with van der Waals surface area (Å²) in [6.07, 6.45) is 7.48. The number of carbonyl (C=O) groups excluding carboxylic acids is 2. The smallest absolute Gasteiger partial charge is 0.252 e. The first-order chi connectivity index (χ1) is 13.4. The van der Waals surface area contributed by atoms with Crippen molar-refractivity contribution in [2.24, 2.45) is 11.8 Å². The van der Waals surface area contributed by atoms with Crippen LogP contribution >= 0.6 is 0 Å². The zero-order chi connectivity index (χ0) is 20.5. The van der Waals surface area contributed by atoms with Crippen LogP contribution in [0.15, 0.2) is 18.2 Å². The second-order valence-electron chi connectivity index (χ2n) is 7.88. The molecule has 1 aliphatic carbocycles. The van der Waals surface area contributed by atoms with Gasteiger partial charge in [-0.25, -0.2) is 0 Å². The second-order valence-corrected chi connectivity index (χ2v) is 7.88. The minimum Gasteiger partial charge on any atom is -0.497 e. The van der Waals surface area contributed by atoms with Crippen LogP contribution in [0, 0.1) is 11.8 Å². The molecule has 2 N–H and O–H groups in total. The van der Waals surface area contributed by atoms with E-state index in [1.54, 1.807) is 18.2 Å². The standard InChI is InChI=1S/C22H34N2O4/c1-15(2)20(22(26)23-11-7-10-16-8-5-6-9-16)24-21(25)17-12-18(27-3)14-19(13-17)28-4/h12-16,20H,5-11H2,1-4H3,(H,23,26)(H,24,25). The molecular weight excluding hydrogens is 356 g/mol. The summed E-state index contributed by atoms with van der Waals surface area (Å²) in [5, 5.41) is 5.84. The van der Waals surface area contributed by atoms with E-state index in [0.29, 0.717) is 23.6 Å². The van der Waals surface area contributed by atoms with E-state index in [9.17, 15) is 9.59 Å². The molecule has 1 saturated carbocycles. The van der Waals surface area contributed by atoms with Crippen LogP contribution in [-0.2, 0) is 4.79 Å². The number of hydrogen-bond acceptors (Lipinski definition) is 4. The quantitative estimate of drug-likeness (QED) is 0.599. The van der Waals surface area contributed by atoms with Crippen molar-refractivity contribution in [2.75, 3.05) is 20.8 Å². The molecule has 6 nitrogen and oxygen atoms in total. The van der Waals surface area contributed by atoms with E-state index < -0.39 is 6.04 Å². The number of ether oxygens (including phenoxy) is 2. The predicted molar refractivity (Wildman–Crippen MR) is 110 cm³/mol. The van der Waals surface area contributed by atoms with E-state index in [1.165, 1.54) is 46.3 Å². The van der Waals surface area contributed by atoms with Crippen molar-refractivity contribution in [3.63, 3.8) is 0 Å². The lowest BCUT2D eigenvalue weighted by molar-refractivity contribution is -0.123. The van der Waals surface area contributed by atoms with Crippen LogP contribution in [0.25, 0.3) is 0 Å². The highest BCUT2D eigenvalue weighted by atomic mass is 16.5. The third kappa shape index (κ3) is 6.43. The van der Waals surface area contributed by atoms with Gasteiger partial charge in [0, 0.05) is 18.2 Å². The Morgan fingerprint density at radius 2 is 1.68 bits per heavy atom. The molecule has 156 valence electrons. The van der Waals surface area contributed by atoms with Crippen LogP contribution in [0.4, 0.5) is 0 Å². The topological polar surface area (TPSA) is 76.7 Å². The minimum atomic E-state index is -0.587. The summed E-state index contributed by atoms with van der Waals surface area (Å²) < 4.78 is 10.4. The van der Waals surface area contributed by atoms with Gasteiger partial charge in [0.15, 0.2) is 0 Å². The Hall–Kier alpha value is -2.24. The van der Waals surface area contributed by atoms with E-state index >= 15 is 0 Å². The van der Waals surface area contributed by atoms with Gasteiger partial charge >= 0.3 is 0 Å². The number of carbonyl (C=O) groups is 2. The van der Waals surface area contributed by atoms with Crippen LogP contribution < -0.4 is 20.1 Å². The fourth-order valence-electron chi connectivity index (χ4n) is 3.71. The Balaban J connectivity index is 1.91. The highest BCUT2D eigenvalue weighted by Crippen LogP contribution is 2.28. The molecule has 28 heavy (non-hydrogen) atoms. The number of nitrogens with one attached hydrogen (secondary N) is 2. The summed E-state index contributed by atoms with van der Waals surface area (Å²) in [6.45, 7) is 4.51. The van der Waals surface area contributed by atoms with Crippen LogP contribution in [0.5, 0.6) is 11.5 Å². The molecule has 1 aromatic rings. The van der Waals surface area contributed by atoms with Crippen LogP contribution in [0.1, 0.15) is 62.7 Å². The molecule has 0 heterocycles. The van der Waals surface area contributed by atoms with Crippen molar-refractivity contribution in [1.29, 1.82) is 0 Å². The number of rotatable bonds is 10. The van der Waals surface area contributed by atoms with Crippen LogP contribution in [-0.4, -0.2) is 38.6 Å². The molecule has 0 aromatic heterocycles.